The van der Waals surface area contributed by atoms with Gasteiger partial charge in [-0.2, -0.15) is 0 Å². The molecule has 2 N–H and O–H groups in total. The Labute approximate surface area is 223 Å². The van der Waals surface area contributed by atoms with Crippen LogP contribution in [0.1, 0.15) is 11.1 Å². The number of nitrogens with one attached hydrogen (secondary N) is 2. The summed E-state index contributed by atoms with van der Waals surface area (Å²) in [6.45, 7) is 6.72. The molecule has 6 rings (SSSR count). The van der Waals surface area contributed by atoms with Crippen molar-refractivity contribution < 1.29 is 0 Å². The molecule has 2 heterocycles. The summed E-state index contributed by atoms with van der Waals surface area (Å²) in [5.41, 5.74) is 8.13. The molecule has 1 aromatic heterocycles. The highest BCUT2D eigenvalue weighted by molar-refractivity contribution is 5.87. The van der Waals surface area contributed by atoms with Crippen molar-refractivity contribution in [3.63, 3.8) is 0 Å². The Morgan fingerprint density at radius 3 is 2.26 bits per heavy atom. The maximum atomic E-state index is 13.9. The fraction of sp³-hybridized carbons (Fsp3) is 0.182. The fourth-order valence-electron chi connectivity index (χ4n) is 5.23. The highest BCUT2D eigenvalue weighted by Gasteiger charge is 2.14. The molecular weight excluding hydrogens is 468 g/mol. The average Bonchev–Trinajstić information content (AvgIpc) is 2.97. The van der Waals surface area contributed by atoms with Gasteiger partial charge in [0, 0.05) is 48.8 Å². The zero-order chi connectivity index (χ0) is 25.9. The molecule has 4 aromatic carbocycles. The monoisotopic (exact) mass is 500 g/mol. The van der Waals surface area contributed by atoms with Crippen LogP contribution in [-0.2, 0) is 6.54 Å². The number of nitrogens with zero attached hydrogens (tertiary/aromatic N) is 2. The molecule has 1 fully saturated rings. The van der Waals surface area contributed by atoms with E-state index in [-0.39, 0.29) is 5.56 Å². The lowest BCUT2D eigenvalue weighted by Crippen LogP contribution is -2.43. The van der Waals surface area contributed by atoms with Gasteiger partial charge in [-0.15, -0.1) is 0 Å². The second-order valence-electron chi connectivity index (χ2n) is 9.92. The number of piperazine rings is 1. The van der Waals surface area contributed by atoms with Gasteiger partial charge in [0.1, 0.15) is 0 Å². The quantitative estimate of drug-likeness (QED) is 0.292. The third kappa shape index (κ3) is 4.93. The minimum absolute atomic E-state index is 0.0180. The summed E-state index contributed by atoms with van der Waals surface area (Å²) < 4.78 is 1.92. The van der Waals surface area contributed by atoms with E-state index in [2.05, 4.69) is 77.1 Å². The number of hydrogen-bond donors (Lipinski definition) is 2. The largest absolute Gasteiger partial charge is 0.369 e. The predicted molar refractivity (Wildman–Crippen MR) is 159 cm³/mol. The number of hydrogen-bond acceptors (Lipinski definition) is 4. The summed E-state index contributed by atoms with van der Waals surface area (Å²) in [5, 5.41) is 7.99. The summed E-state index contributed by atoms with van der Waals surface area (Å²) in [5.74, 6) is 0. The van der Waals surface area contributed by atoms with Gasteiger partial charge in [-0.25, -0.2) is 0 Å². The highest BCUT2D eigenvalue weighted by atomic mass is 16.1. The molecule has 0 atom stereocenters. The van der Waals surface area contributed by atoms with Gasteiger partial charge < -0.3 is 20.1 Å². The van der Waals surface area contributed by atoms with Crippen LogP contribution in [0, 0.1) is 6.92 Å². The molecule has 1 aliphatic heterocycles. The van der Waals surface area contributed by atoms with E-state index < -0.39 is 0 Å². The summed E-state index contributed by atoms with van der Waals surface area (Å²) >= 11 is 0. The second kappa shape index (κ2) is 10.6. The SMILES string of the molecule is Cc1ccccc1Cn1c(=O)c(-c2ccccc2)cc2ccc(Nc3ccc(N4CCNCC4)cc3)cc21. The normalized spacial score (nSPS) is 13.6. The standard InChI is InChI=1S/C33H32N4O/c1-24-7-5-6-10-27(24)23-37-32-22-29(35-28-13-15-30(16-14-28)36-19-17-34-18-20-36)12-11-26(32)21-31(33(37)38)25-8-3-2-4-9-25/h2-16,21-22,34-35H,17-20,23H2,1H3. The summed E-state index contributed by atoms with van der Waals surface area (Å²) in [6.07, 6.45) is 0. The zero-order valence-corrected chi connectivity index (χ0v) is 21.7. The number of anilines is 3. The van der Waals surface area contributed by atoms with Crippen LogP contribution in [0.2, 0.25) is 0 Å². The third-order valence-electron chi connectivity index (χ3n) is 7.41. The molecule has 0 radical (unpaired) electrons. The van der Waals surface area contributed by atoms with Crippen LogP contribution in [0.3, 0.4) is 0 Å². The molecule has 5 heteroatoms. The van der Waals surface area contributed by atoms with Crippen LogP contribution >= 0.6 is 0 Å². The van der Waals surface area contributed by atoms with Crippen LogP contribution in [0.4, 0.5) is 17.1 Å². The Hall–Kier alpha value is -4.35. The lowest BCUT2D eigenvalue weighted by molar-refractivity contribution is 0.589. The fourth-order valence-corrected chi connectivity index (χ4v) is 5.23. The Kier molecular flexibility index (Phi) is 6.67. The van der Waals surface area contributed by atoms with Crippen molar-refractivity contribution in [3.05, 3.63) is 125 Å². The molecule has 190 valence electrons. The van der Waals surface area contributed by atoms with Gasteiger partial charge in [-0.05, 0) is 71.5 Å². The van der Waals surface area contributed by atoms with Gasteiger partial charge in [0.15, 0.2) is 0 Å². The molecule has 0 bridgehead atoms. The molecule has 0 aliphatic carbocycles. The first-order chi connectivity index (χ1) is 18.7. The zero-order valence-electron chi connectivity index (χ0n) is 21.7. The molecular formula is C33H32N4O. The number of rotatable bonds is 6. The minimum Gasteiger partial charge on any atom is -0.369 e. The van der Waals surface area contributed by atoms with E-state index in [1.165, 1.54) is 11.3 Å². The molecule has 0 amide bonds. The van der Waals surface area contributed by atoms with E-state index in [4.69, 9.17) is 0 Å². The molecule has 0 spiro atoms. The topological polar surface area (TPSA) is 49.3 Å². The maximum Gasteiger partial charge on any atom is 0.259 e. The van der Waals surface area contributed by atoms with Crippen LogP contribution in [0.5, 0.6) is 0 Å². The van der Waals surface area contributed by atoms with Crippen LogP contribution in [0.15, 0.2) is 108 Å². The van der Waals surface area contributed by atoms with E-state index in [9.17, 15) is 4.79 Å². The van der Waals surface area contributed by atoms with Gasteiger partial charge in [-0.1, -0.05) is 60.7 Å². The van der Waals surface area contributed by atoms with Crippen molar-refractivity contribution in [1.82, 2.24) is 9.88 Å². The summed E-state index contributed by atoms with van der Waals surface area (Å²) in [6, 6.07) is 35.1. The van der Waals surface area contributed by atoms with Crippen molar-refractivity contribution >= 4 is 28.0 Å². The molecule has 1 aliphatic rings. The van der Waals surface area contributed by atoms with E-state index in [1.807, 2.05) is 53.1 Å². The van der Waals surface area contributed by atoms with Gasteiger partial charge in [0.05, 0.1) is 12.1 Å². The number of benzene rings is 4. The Balaban J connectivity index is 1.38. The minimum atomic E-state index is 0.0180. The Bertz CT molecular complexity index is 1620. The van der Waals surface area contributed by atoms with Gasteiger partial charge in [-0.3, -0.25) is 4.79 Å². The van der Waals surface area contributed by atoms with E-state index >= 15 is 0 Å². The Morgan fingerprint density at radius 2 is 1.50 bits per heavy atom. The Morgan fingerprint density at radius 1 is 0.789 bits per heavy atom. The van der Waals surface area contributed by atoms with Crippen molar-refractivity contribution in [2.24, 2.45) is 0 Å². The third-order valence-corrected chi connectivity index (χ3v) is 7.41. The molecule has 5 nitrogen and oxygen atoms in total. The van der Waals surface area contributed by atoms with Crippen LogP contribution < -0.4 is 21.1 Å². The lowest BCUT2D eigenvalue weighted by atomic mass is 10.0. The summed E-state index contributed by atoms with van der Waals surface area (Å²) in [4.78, 5) is 16.3. The van der Waals surface area contributed by atoms with E-state index in [1.54, 1.807) is 0 Å². The first kappa shape index (κ1) is 24.0. The van der Waals surface area contributed by atoms with Crippen LogP contribution in [0.25, 0.3) is 22.0 Å². The molecule has 38 heavy (non-hydrogen) atoms. The van der Waals surface area contributed by atoms with Gasteiger partial charge >= 0.3 is 0 Å². The van der Waals surface area contributed by atoms with E-state index in [0.29, 0.717) is 6.54 Å². The molecule has 0 saturated carbocycles. The number of aromatic nitrogens is 1. The van der Waals surface area contributed by atoms with Crippen LogP contribution in [-0.4, -0.2) is 30.7 Å². The number of fused-ring (bicyclic) bond motifs is 1. The van der Waals surface area contributed by atoms with Crippen molar-refractivity contribution in [3.8, 4) is 11.1 Å². The van der Waals surface area contributed by atoms with Crippen molar-refractivity contribution in [1.29, 1.82) is 0 Å². The summed E-state index contributed by atoms with van der Waals surface area (Å²) in [7, 11) is 0. The highest BCUT2D eigenvalue weighted by Crippen LogP contribution is 2.27. The first-order valence-corrected chi connectivity index (χ1v) is 13.3. The predicted octanol–water partition coefficient (Wildman–Crippen LogP) is 6.18. The van der Waals surface area contributed by atoms with Crippen molar-refractivity contribution in [2.75, 3.05) is 36.4 Å². The number of aryl methyl sites for hydroxylation is 1. The second-order valence-corrected chi connectivity index (χ2v) is 9.92. The smallest absolute Gasteiger partial charge is 0.259 e. The van der Waals surface area contributed by atoms with Crippen molar-refractivity contribution in [2.45, 2.75) is 13.5 Å². The first-order valence-electron chi connectivity index (χ1n) is 13.3. The molecule has 5 aromatic rings. The van der Waals surface area contributed by atoms with Gasteiger partial charge in [0.25, 0.3) is 5.56 Å². The lowest BCUT2D eigenvalue weighted by Gasteiger charge is -2.29. The maximum absolute atomic E-state index is 13.9. The molecule has 0 unspecified atom stereocenters. The molecule has 1 saturated heterocycles. The number of pyridine rings is 1. The van der Waals surface area contributed by atoms with E-state index in [0.717, 1.165) is 65.1 Å². The van der Waals surface area contributed by atoms with Gasteiger partial charge in [0.2, 0.25) is 0 Å². The average molecular weight is 501 g/mol.